The van der Waals surface area contributed by atoms with Gasteiger partial charge in [-0.1, -0.05) is 96.2 Å². The Balaban J connectivity index is 1.51. The van der Waals surface area contributed by atoms with Gasteiger partial charge in [0.15, 0.2) is 18.1 Å². The molecule has 1 aromatic heterocycles. The number of ether oxygens (including phenoxy) is 2. The number of benzene rings is 4. The van der Waals surface area contributed by atoms with Crippen LogP contribution in [0.5, 0.6) is 11.5 Å². The number of methoxy groups -OCH3 is 2. The van der Waals surface area contributed by atoms with E-state index in [1.165, 1.54) is 0 Å². The summed E-state index contributed by atoms with van der Waals surface area (Å²) in [5, 5.41) is 17.6. The monoisotopic (exact) mass is 584 g/mol. The van der Waals surface area contributed by atoms with Crippen LogP contribution in [0.1, 0.15) is 23.6 Å². The Labute approximate surface area is 256 Å². The third kappa shape index (κ3) is 6.48. The smallest absolute Gasteiger partial charge is 0.266 e. The van der Waals surface area contributed by atoms with E-state index in [4.69, 9.17) is 14.3 Å². The molecule has 0 atom stereocenters. The minimum absolute atomic E-state index is 0.354. The molecule has 1 N–H and O–H groups in total. The van der Waals surface area contributed by atoms with Crippen LogP contribution in [0.2, 0.25) is 0 Å². The van der Waals surface area contributed by atoms with E-state index in [2.05, 4.69) is 16.5 Å². The van der Waals surface area contributed by atoms with E-state index in [9.17, 15) is 10.1 Å². The quantitative estimate of drug-likeness (QED) is 0.131. The van der Waals surface area contributed by atoms with Crippen molar-refractivity contribution in [3.05, 3.63) is 126 Å². The zero-order valence-corrected chi connectivity index (χ0v) is 24.8. The van der Waals surface area contributed by atoms with Crippen LogP contribution in [0, 0.1) is 11.3 Å². The number of nitrogens with one attached hydrogen (secondary N) is 1. The summed E-state index contributed by atoms with van der Waals surface area (Å²) in [7, 11) is 3.13. The Morgan fingerprint density at radius 1 is 0.841 bits per heavy atom. The number of nitrogens with zero attached hydrogens (tertiary/aromatic N) is 3. The van der Waals surface area contributed by atoms with E-state index in [0.29, 0.717) is 35.1 Å². The van der Waals surface area contributed by atoms with Gasteiger partial charge in [-0.2, -0.15) is 5.26 Å². The highest BCUT2D eigenvalue weighted by atomic mass is 16.6. The lowest BCUT2D eigenvalue weighted by molar-refractivity contribution is -0.120. The van der Waals surface area contributed by atoms with E-state index in [-0.39, 0.29) is 6.61 Å². The van der Waals surface area contributed by atoms with Crippen molar-refractivity contribution in [1.29, 1.82) is 5.26 Å². The van der Waals surface area contributed by atoms with Crippen LogP contribution in [-0.2, 0) is 16.2 Å². The van der Waals surface area contributed by atoms with Crippen LogP contribution < -0.4 is 14.8 Å². The first kappa shape index (κ1) is 29.7. The van der Waals surface area contributed by atoms with E-state index >= 15 is 0 Å². The van der Waals surface area contributed by atoms with Crippen molar-refractivity contribution in [2.24, 2.45) is 5.16 Å². The van der Waals surface area contributed by atoms with Gasteiger partial charge in [-0.3, -0.25) is 4.79 Å². The lowest BCUT2D eigenvalue weighted by Gasteiger charge is -2.15. The summed E-state index contributed by atoms with van der Waals surface area (Å²) in [5.41, 5.74) is 6.06. The van der Waals surface area contributed by atoms with Crippen LogP contribution in [-0.4, -0.2) is 37.0 Å². The molecular weight excluding hydrogens is 552 g/mol. The number of carbonyl (C=O) groups is 1. The summed E-state index contributed by atoms with van der Waals surface area (Å²) in [6, 6.07) is 37.3. The van der Waals surface area contributed by atoms with E-state index in [1.54, 1.807) is 33.3 Å². The topological polar surface area (TPSA) is 97.9 Å². The second kappa shape index (κ2) is 13.9. The third-order valence-electron chi connectivity index (χ3n) is 7.12. The number of amides is 1. The number of carbonyl (C=O) groups excluding carboxylic acids is 1. The molecule has 0 aliphatic carbocycles. The maximum absolute atomic E-state index is 13.3. The zero-order valence-electron chi connectivity index (χ0n) is 24.8. The van der Waals surface area contributed by atoms with Gasteiger partial charge >= 0.3 is 0 Å². The molecule has 4 aromatic carbocycles. The molecule has 220 valence electrons. The molecular formula is C36H32N4O4. The second-order valence-corrected chi connectivity index (χ2v) is 9.93. The van der Waals surface area contributed by atoms with Gasteiger partial charge in [0.25, 0.3) is 5.91 Å². The van der Waals surface area contributed by atoms with Crippen molar-refractivity contribution >= 4 is 17.4 Å². The second-order valence-electron chi connectivity index (χ2n) is 9.93. The van der Waals surface area contributed by atoms with Crippen LogP contribution in [0.15, 0.2) is 114 Å². The summed E-state index contributed by atoms with van der Waals surface area (Å²) in [5.74, 6) is 1.10. The molecule has 1 heterocycles. The highest BCUT2D eigenvalue weighted by molar-refractivity contribution is 6.00. The fraction of sp³-hybridized carbons (Fsp3) is 0.139. The average Bonchev–Trinajstić information content (AvgIpc) is 3.37. The number of hydrogen-bond donors (Lipinski definition) is 1. The van der Waals surface area contributed by atoms with Crippen LogP contribution >= 0.6 is 0 Å². The Hall–Kier alpha value is -5.81. The minimum Gasteiger partial charge on any atom is -0.493 e. The maximum atomic E-state index is 13.3. The molecule has 0 aliphatic rings. The molecule has 0 radical (unpaired) electrons. The first-order chi connectivity index (χ1) is 21.5. The van der Waals surface area contributed by atoms with E-state index < -0.39 is 5.91 Å². The molecule has 8 heteroatoms. The lowest BCUT2D eigenvalue weighted by Crippen LogP contribution is -2.20. The summed E-state index contributed by atoms with van der Waals surface area (Å²) in [4.78, 5) is 18.8. The van der Waals surface area contributed by atoms with Gasteiger partial charge in [0.05, 0.1) is 25.6 Å². The number of aromatic nitrogens is 1. The molecule has 0 fully saturated rings. The molecule has 44 heavy (non-hydrogen) atoms. The average molecular weight is 585 g/mol. The predicted octanol–water partition coefficient (Wildman–Crippen LogP) is 7.14. The normalized spacial score (nSPS) is 11.0. The molecule has 0 saturated carbocycles. The predicted molar refractivity (Wildman–Crippen MR) is 172 cm³/mol. The molecule has 8 nitrogen and oxygen atoms in total. The largest absolute Gasteiger partial charge is 0.493 e. The highest BCUT2D eigenvalue weighted by Crippen LogP contribution is 2.42. The highest BCUT2D eigenvalue weighted by Gasteiger charge is 2.26. The zero-order chi connectivity index (χ0) is 30.9. The SMILES string of the molecule is COc1ccc(/C(C)=N/OCC(=O)Nc2c(C#N)c(-c3ccccc3)c(-c3ccccc3)n2Cc2ccccc2)cc1OC. The number of nitriles is 1. The number of hydrogen-bond acceptors (Lipinski definition) is 6. The molecule has 0 aliphatic heterocycles. The first-order valence-electron chi connectivity index (χ1n) is 14.0. The van der Waals surface area contributed by atoms with Crippen molar-refractivity contribution in [1.82, 2.24) is 4.57 Å². The first-order valence-corrected chi connectivity index (χ1v) is 14.0. The van der Waals surface area contributed by atoms with Crippen molar-refractivity contribution in [2.75, 3.05) is 26.1 Å². The van der Waals surface area contributed by atoms with Gasteiger partial charge in [-0.15, -0.1) is 0 Å². The van der Waals surface area contributed by atoms with Crippen LogP contribution in [0.4, 0.5) is 5.82 Å². The number of anilines is 1. The Kier molecular flexibility index (Phi) is 9.38. The van der Waals surface area contributed by atoms with Crippen molar-refractivity contribution in [3.63, 3.8) is 0 Å². The number of rotatable bonds is 11. The Morgan fingerprint density at radius 3 is 2.07 bits per heavy atom. The fourth-order valence-electron chi connectivity index (χ4n) is 5.03. The van der Waals surface area contributed by atoms with Gasteiger partial charge in [0.1, 0.15) is 17.5 Å². The summed E-state index contributed by atoms with van der Waals surface area (Å²) in [6.07, 6.45) is 0. The molecule has 0 spiro atoms. The fourth-order valence-corrected chi connectivity index (χ4v) is 5.03. The van der Waals surface area contributed by atoms with Gasteiger partial charge in [-0.25, -0.2) is 0 Å². The standard InChI is InChI=1S/C36H32N4O4/c1-25(29-19-20-31(42-2)32(21-29)43-3)39-44-24-33(41)38-36-30(22-37)34(27-15-9-5-10-16-27)35(28-17-11-6-12-18-28)40(36)23-26-13-7-4-8-14-26/h4-21H,23-24H2,1-3H3,(H,38,41)/b39-25+. The van der Waals surface area contributed by atoms with Crippen LogP contribution in [0.3, 0.4) is 0 Å². The van der Waals surface area contributed by atoms with Gasteiger partial charge in [-0.05, 0) is 41.8 Å². The van der Waals surface area contributed by atoms with Crippen LogP contribution in [0.25, 0.3) is 22.4 Å². The molecule has 5 aromatic rings. The molecule has 0 unspecified atom stereocenters. The van der Waals surface area contributed by atoms with E-state index in [1.807, 2.05) is 102 Å². The van der Waals surface area contributed by atoms with Gasteiger partial charge in [0, 0.05) is 17.7 Å². The molecule has 0 saturated heterocycles. The van der Waals surface area contributed by atoms with Crippen molar-refractivity contribution in [3.8, 4) is 40.0 Å². The van der Waals surface area contributed by atoms with Gasteiger partial charge in [0.2, 0.25) is 0 Å². The summed E-state index contributed by atoms with van der Waals surface area (Å²) < 4.78 is 12.7. The number of oxime groups is 1. The molecule has 0 bridgehead atoms. The van der Waals surface area contributed by atoms with Crippen molar-refractivity contribution in [2.45, 2.75) is 13.5 Å². The van der Waals surface area contributed by atoms with Crippen molar-refractivity contribution < 1.29 is 19.1 Å². The summed E-state index contributed by atoms with van der Waals surface area (Å²) >= 11 is 0. The third-order valence-corrected chi connectivity index (χ3v) is 7.12. The van der Waals surface area contributed by atoms with Gasteiger partial charge < -0.3 is 24.2 Å². The Morgan fingerprint density at radius 2 is 1.45 bits per heavy atom. The van der Waals surface area contributed by atoms with E-state index in [0.717, 1.165) is 33.5 Å². The molecule has 5 rings (SSSR count). The molecule has 1 amide bonds. The Bertz CT molecular complexity index is 1810. The maximum Gasteiger partial charge on any atom is 0.266 e. The lowest BCUT2D eigenvalue weighted by atomic mass is 9.98. The minimum atomic E-state index is -0.448. The summed E-state index contributed by atoms with van der Waals surface area (Å²) in [6.45, 7) is 1.85.